The number of aryl methyl sites for hydroxylation is 1. The monoisotopic (exact) mass is 324 g/mol. The smallest absolute Gasteiger partial charge is 0.274 e. The predicted octanol–water partition coefficient (Wildman–Crippen LogP) is 4.67. The number of nitrogens with zero attached hydrogens (tertiary/aromatic N) is 2. The fourth-order valence-electron chi connectivity index (χ4n) is 1.70. The fraction of sp³-hybridized carbons (Fsp3) is 0.0714. The summed E-state index contributed by atoms with van der Waals surface area (Å²) in [5.41, 5.74) is 1.25. The molecule has 0 aliphatic carbocycles. The van der Waals surface area contributed by atoms with Crippen LogP contribution in [0, 0.1) is 17.0 Å². The molecule has 0 aromatic heterocycles. The van der Waals surface area contributed by atoms with Crippen LogP contribution in [0.25, 0.3) is 0 Å². The van der Waals surface area contributed by atoms with E-state index in [0.29, 0.717) is 21.8 Å². The van der Waals surface area contributed by atoms with Gasteiger partial charge in [-0.05, 0) is 25.1 Å². The van der Waals surface area contributed by atoms with Gasteiger partial charge in [-0.25, -0.2) is 0 Å². The highest BCUT2D eigenvalue weighted by molar-refractivity contribution is 6.36. The maximum absolute atomic E-state index is 10.9. The Bertz CT molecular complexity index is 745. The molecular formula is C14H10Cl2N2O3. The van der Waals surface area contributed by atoms with Crippen LogP contribution in [0.2, 0.25) is 10.0 Å². The Labute approximate surface area is 130 Å². The molecule has 0 aliphatic rings. The van der Waals surface area contributed by atoms with Crippen molar-refractivity contribution >= 4 is 40.8 Å². The lowest BCUT2D eigenvalue weighted by Crippen LogP contribution is -1.90. The molecule has 0 amide bonds. The van der Waals surface area contributed by atoms with Crippen molar-refractivity contribution < 1.29 is 10.0 Å². The Morgan fingerprint density at radius 1 is 1.29 bits per heavy atom. The lowest BCUT2D eigenvalue weighted by molar-refractivity contribution is -0.385. The van der Waals surface area contributed by atoms with Crippen molar-refractivity contribution in [1.29, 1.82) is 0 Å². The van der Waals surface area contributed by atoms with Gasteiger partial charge >= 0.3 is 0 Å². The lowest BCUT2D eigenvalue weighted by Gasteiger charge is -2.02. The van der Waals surface area contributed by atoms with Gasteiger partial charge in [0.2, 0.25) is 0 Å². The van der Waals surface area contributed by atoms with E-state index in [-0.39, 0.29) is 16.5 Å². The molecule has 108 valence electrons. The van der Waals surface area contributed by atoms with Crippen LogP contribution in [-0.2, 0) is 0 Å². The number of nitro groups is 1. The second-order valence-electron chi connectivity index (χ2n) is 4.31. The lowest BCUT2D eigenvalue weighted by atomic mass is 10.2. The van der Waals surface area contributed by atoms with Crippen molar-refractivity contribution in [3.05, 3.63) is 61.6 Å². The molecule has 2 aromatic rings. The van der Waals surface area contributed by atoms with Gasteiger partial charge in [-0.15, -0.1) is 0 Å². The van der Waals surface area contributed by atoms with Gasteiger partial charge in [0.05, 0.1) is 15.6 Å². The highest BCUT2D eigenvalue weighted by atomic mass is 35.5. The summed E-state index contributed by atoms with van der Waals surface area (Å²) in [5, 5.41) is 21.1. The molecule has 0 unspecified atom stereocenters. The van der Waals surface area contributed by atoms with Gasteiger partial charge in [0.25, 0.3) is 5.69 Å². The number of hydrogen-bond donors (Lipinski definition) is 1. The van der Waals surface area contributed by atoms with Crippen LogP contribution in [0.3, 0.4) is 0 Å². The van der Waals surface area contributed by atoms with E-state index in [4.69, 9.17) is 23.2 Å². The summed E-state index contributed by atoms with van der Waals surface area (Å²) < 4.78 is 0. The van der Waals surface area contributed by atoms with Gasteiger partial charge < -0.3 is 5.11 Å². The number of halogens is 2. The molecule has 0 bridgehead atoms. The molecule has 5 nitrogen and oxygen atoms in total. The molecular weight excluding hydrogens is 315 g/mol. The van der Waals surface area contributed by atoms with Gasteiger partial charge in [-0.3, -0.25) is 15.1 Å². The third kappa shape index (κ3) is 3.51. The third-order valence-electron chi connectivity index (χ3n) is 2.80. The minimum absolute atomic E-state index is 0.0157. The highest BCUT2D eigenvalue weighted by Gasteiger charge is 2.11. The van der Waals surface area contributed by atoms with Crippen LogP contribution < -0.4 is 0 Å². The molecule has 0 saturated heterocycles. The number of aromatic hydroxyl groups is 1. The zero-order valence-corrected chi connectivity index (χ0v) is 12.4. The van der Waals surface area contributed by atoms with Crippen molar-refractivity contribution in [1.82, 2.24) is 0 Å². The maximum Gasteiger partial charge on any atom is 0.274 e. The maximum atomic E-state index is 10.9. The number of hydrogen-bond acceptors (Lipinski definition) is 4. The van der Waals surface area contributed by atoms with Crippen molar-refractivity contribution in [3.8, 4) is 5.75 Å². The molecule has 2 aromatic carbocycles. The number of aliphatic imine (C=N–C) groups is 1. The van der Waals surface area contributed by atoms with Crippen LogP contribution in [0.4, 0.5) is 11.4 Å². The second-order valence-corrected chi connectivity index (χ2v) is 5.16. The van der Waals surface area contributed by atoms with Crippen LogP contribution in [0.5, 0.6) is 5.75 Å². The fourth-order valence-corrected chi connectivity index (χ4v) is 2.21. The summed E-state index contributed by atoms with van der Waals surface area (Å²) in [6.07, 6.45) is 1.35. The summed E-state index contributed by atoms with van der Waals surface area (Å²) in [6.45, 7) is 1.65. The van der Waals surface area contributed by atoms with E-state index in [9.17, 15) is 15.2 Å². The predicted molar refractivity (Wildman–Crippen MR) is 83.2 cm³/mol. The zero-order valence-electron chi connectivity index (χ0n) is 10.9. The van der Waals surface area contributed by atoms with E-state index in [2.05, 4.69) is 4.99 Å². The van der Waals surface area contributed by atoms with Crippen molar-refractivity contribution in [2.45, 2.75) is 6.92 Å². The highest BCUT2D eigenvalue weighted by Crippen LogP contribution is 2.31. The molecule has 0 fully saturated rings. The molecule has 0 heterocycles. The number of phenols is 1. The third-order valence-corrected chi connectivity index (χ3v) is 3.31. The first kappa shape index (κ1) is 15.3. The number of rotatable bonds is 3. The molecule has 7 heteroatoms. The molecule has 2 rings (SSSR count). The van der Waals surface area contributed by atoms with E-state index in [1.807, 2.05) is 0 Å². The number of phenolic OH excluding ortho intramolecular Hbond substituents is 1. The van der Waals surface area contributed by atoms with E-state index in [1.165, 1.54) is 24.4 Å². The van der Waals surface area contributed by atoms with Gasteiger partial charge in [-0.2, -0.15) is 0 Å². The number of nitro benzene ring substituents is 1. The van der Waals surface area contributed by atoms with Crippen LogP contribution in [-0.4, -0.2) is 16.2 Å². The zero-order chi connectivity index (χ0) is 15.6. The molecule has 0 spiro atoms. The summed E-state index contributed by atoms with van der Waals surface area (Å²) in [7, 11) is 0. The Hall–Kier alpha value is -2.11. The molecule has 0 aliphatic heterocycles. The molecule has 0 radical (unpaired) electrons. The van der Waals surface area contributed by atoms with E-state index >= 15 is 0 Å². The Morgan fingerprint density at radius 2 is 2.00 bits per heavy atom. The average Bonchev–Trinajstić information content (AvgIpc) is 2.42. The van der Waals surface area contributed by atoms with Gasteiger partial charge in [0, 0.05) is 28.4 Å². The Kier molecular flexibility index (Phi) is 4.45. The largest absolute Gasteiger partial charge is 0.506 e. The molecule has 0 saturated carbocycles. The first-order chi connectivity index (χ1) is 9.88. The standard InChI is InChI=1S/C14H10Cl2N2O3/c1-8-2-3-11(6-13(8)18(20)21)17-7-9-4-10(15)5-12(16)14(9)19/h2-7,19H,1H3. The normalized spacial score (nSPS) is 11.0. The van der Waals surface area contributed by atoms with Gasteiger partial charge in [0.15, 0.2) is 0 Å². The quantitative estimate of drug-likeness (QED) is 0.506. The van der Waals surface area contributed by atoms with Gasteiger partial charge in [-0.1, -0.05) is 29.3 Å². The topological polar surface area (TPSA) is 75.7 Å². The SMILES string of the molecule is Cc1ccc(N=Cc2cc(Cl)cc(Cl)c2O)cc1[N+](=O)[O-]. The van der Waals surface area contributed by atoms with E-state index < -0.39 is 4.92 Å². The first-order valence-electron chi connectivity index (χ1n) is 5.85. The Morgan fingerprint density at radius 3 is 2.67 bits per heavy atom. The first-order valence-corrected chi connectivity index (χ1v) is 6.61. The Balaban J connectivity index is 2.38. The van der Waals surface area contributed by atoms with E-state index in [1.54, 1.807) is 19.1 Å². The van der Waals surface area contributed by atoms with Gasteiger partial charge in [0.1, 0.15) is 5.75 Å². The van der Waals surface area contributed by atoms with Crippen molar-refractivity contribution in [2.24, 2.45) is 4.99 Å². The summed E-state index contributed by atoms with van der Waals surface area (Å²) in [6, 6.07) is 7.51. The molecule has 21 heavy (non-hydrogen) atoms. The van der Waals surface area contributed by atoms with E-state index in [0.717, 1.165) is 0 Å². The molecule has 1 N–H and O–H groups in total. The van der Waals surface area contributed by atoms with Crippen molar-refractivity contribution in [2.75, 3.05) is 0 Å². The average molecular weight is 325 g/mol. The van der Waals surface area contributed by atoms with Crippen LogP contribution >= 0.6 is 23.2 Å². The number of benzene rings is 2. The molecule has 0 atom stereocenters. The summed E-state index contributed by atoms with van der Waals surface area (Å²) in [5.74, 6) is -0.147. The summed E-state index contributed by atoms with van der Waals surface area (Å²) in [4.78, 5) is 14.5. The minimum Gasteiger partial charge on any atom is -0.506 e. The second kappa shape index (κ2) is 6.11. The minimum atomic E-state index is -0.470. The van der Waals surface area contributed by atoms with Crippen molar-refractivity contribution in [3.63, 3.8) is 0 Å². The van der Waals surface area contributed by atoms with Crippen LogP contribution in [0.1, 0.15) is 11.1 Å². The van der Waals surface area contributed by atoms with Crippen LogP contribution in [0.15, 0.2) is 35.3 Å². The summed E-state index contributed by atoms with van der Waals surface area (Å²) >= 11 is 11.6.